The fourth-order valence-corrected chi connectivity index (χ4v) is 3.93. The van der Waals surface area contributed by atoms with Crippen molar-refractivity contribution < 1.29 is 19.4 Å². The second kappa shape index (κ2) is 8.44. The average molecular weight is 414 g/mol. The number of nitrogens with zero attached hydrogens (tertiary/aromatic N) is 2. The number of Topliss-reactive ketones (excluding diaryl/α,β-unsaturated/α-hetero) is 1. The first-order valence-corrected chi connectivity index (χ1v) is 9.89. The average Bonchev–Trinajstić information content (AvgIpc) is 3.04. The van der Waals surface area contributed by atoms with Gasteiger partial charge in [-0.3, -0.25) is 14.6 Å². The van der Waals surface area contributed by atoms with E-state index in [0.29, 0.717) is 11.3 Å². The summed E-state index contributed by atoms with van der Waals surface area (Å²) in [4.78, 5) is 31.8. The van der Waals surface area contributed by atoms with Crippen molar-refractivity contribution in [2.24, 2.45) is 0 Å². The summed E-state index contributed by atoms with van der Waals surface area (Å²) in [6.45, 7) is 2.14. The lowest BCUT2D eigenvalue weighted by Gasteiger charge is -2.26. The molecule has 1 fully saturated rings. The van der Waals surface area contributed by atoms with Crippen molar-refractivity contribution in [1.82, 2.24) is 9.88 Å². The number of rotatable bonds is 5. The van der Waals surface area contributed by atoms with Crippen LogP contribution in [0.25, 0.3) is 5.76 Å². The monoisotopic (exact) mass is 414 g/mol. The molecule has 1 amide bonds. The van der Waals surface area contributed by atoms with E-state index < -0.39 is 17.7 Å². The third-order valence-electron chi connectivity index (χ3n) is 5.49. The van der Waals surface area contributed by atoms with E-state index in [1.165, 1.54) is 12.0 Å². The summed E-state index contributed by atoms with van der Waals surface area (Å²) >= 11 is 0. The Morgan fingerprint density at radius 3 is 2.42 bits per heavy atom. The first kappa shape index (κ1) is 20.3. The Morgan fingerprint density at radius 1 is 1.03 bits per heavy atom. The second-order valence-electron chi connectivity index (χ2n) is 7.34. The minimum atomic E-state index is -0.723. The minimum absolute atomic E-state index is 0.0536. The van der Waals surface area contributed by atoms with E-state index in [1.54, 1.807) is 48.8 Å². The highest BCUT2D eigenvalue weighted by Crippen LogP contribution is 2.42. The van der Waals surface area contributed by atoms with Crippen LogP contribution in [0.3, 0.4) is 0 Å². The maximum Gasteiger partial charge on any atom is 0.295 e. The van der Waals surface area contributed by atoms with Crippen LogP contribution >= 0.6 is 0 Å². The zero-order valence-electron chi connectivity index (χ0n) is 17.3. The van der Waals surface area contributed by atoms with Gasteiger partial charge in [0.25, 0.3) is 11.7 Å². The molecule has 0 spiro atoms. The largest absolute Gasteiger partial charge is 0.507 e. The number of aromatic nitrogens is 1. The smallest absolute Gasteiger partial charge is 0.295 e. The van der Waals surface area contributed by atoms with E-state index in [1.807, 2.05) is 31.2 Å². The summed E-state index contributed by atoms with van der Waals surface area (Å²) in [7, 11) is 1.49. The summed E-state index contributed by atoms with van der Waals surface area (Å²) in [5.41, 5.74) is 2.96. The van der Waals surface area contributed by atoms with Gasteiger partial charge < -0.3 is 14.7 Å². The Bertz CT molecular complexity index is 1170. The van der Waals surface area contributed by atoms with E-state index >= 15 is 0 Å². The third-order valence-corrected chi connectivity index (χ3v) is 5.49. The predicted molar refractivity (Wildman–Crippen MR) is 116 cm³/mol. The lowest BCUT2D eigenvalue weighted by molar-refractivity contribution is -0.140. The van der Waals surface area contributed by atoms with Gasteiger partial charge in [-0.15, -0.1) is 0 Å². The number of ketones is 1. The maximum absolute atomic E-state index is 13.2. The van der Waals surface area contributed by atoms with Gasteiger partial charge in [-0.05, 0) is 47.9 Å². The molecule has 6 nitrogen and oxygen atoms in total. The molecule has 3 aromatic rings. The number of ether oxygens (including phenoxy) is 1. The predicted octanol–water partition coefficient (Wildman–Crippen LogP) is 4.02. The molecule has 0 saturated carbocycles. The first-order chi connectivity index (χ1) is 15.0. The van der Waals surface area contributed by atoms with E-state index in [2.05, 4.69) is 4.98 Å². The van der Waals surface area contributed by atoms with Crippen LogP contribution in [-0.4, -0.2) is 33.8 Å². The normalized spacial score (nSPS) is 17.7. The number of amides is 1. The van der Waals surface area contributed by atoms with Gasteiger partial charge in [0.05, 0.1) is 24.3 Å². The van der Waals surface area contributed by atoms with Crippen LogP contribution in [0.5, 0.6) is 5.75 Å². The number of para-hydroxylation sites is 1. The van der Waals surface area contributed by atoms with Gasteiger partial charge in [-0.25, -0.2) is 0 Å². The standard InChI is InChI=1S/C25H22N2O4/c1-16-7-3-4-8-18(16)22-21(23(28)19-9-5-6-10-20(19)31-2)24(29)25(30)27(22)15-17-11-13-26-14-12-17/h3-14,22,28H,15H2,1-2H3/b23-21+. The Hall–Kier alpha value is -3.93. The molecule has 1 N–H and O–H groups in total. The number of benzene rings is 2. The molecule has 6 heteroatoms. The Morgan fingerprint density at radius 2 is 1.71 bits per heavy atom. The van der Waals surface area contributed by atoms with E-state index in [-0.39, 0.29) is 17.9 Å². The van der Waals surface area contributed by atoms with Crippen LogP contribution in [0, 0.1) is 6.92 Å². The molecular weight excluding hydrogens is 392 g/mol. The van der Waals surface area contributed by atoms with Crippen molar-refractivity contribution in [3.63, 3.8) is 0 Å². The van der Waals surface area contributed by atoms with Crippen LogP contribution in [0.15, 0.2) is 78.6 Å². The molecule has 2 heterocycles. The lowest BCUT2D eigenvalue weighted by Crippen LogP contribution is -2.29. The number of carbonyl (C=O) groups is 2. The number of methoxy groups -OCH3 is 1. The van der Waals surface area contributed by atoms with Gasteiger partial charge in [0.15, 0.2) is 0 Å². The van der Waals surface area contributed by atoms with Crippen molar-refractivity contribution in [3.05, 3.63) is 101 Å². The number of aryl methyl sites for hydroxylation is 1. The van der Waals surface area contributed by atoms with Gasteiger partial charge in [0, 0.05) is 18.9 Å². The van der Waals surface area contributed by atoms with E-state index in [4.69, 9.17) is 4.74 Å². The summed E-state index contributed by atoms with van der Waals surface area (Å²) in [5, 5.41) is 11.2. The fourth-order valence-electron chi connectivity index (χ4n) is 3.93. The lowest BCUT2D eigenvalue weighted by atomic mass is 9.92. The van der Waals surface area contributed by atoms with Crippen LogP contribution in [-0.2, 0) is 16.1 Å². The zero-order valence-corrected chi connectivity index (χ0v) is 17.3. The summed E-state index contributed by atoms with van der Waals surface area (Å²) < 4.78 is 5.36. The second-order valence-corrected chi connectivity index (χ2v) is 7.34. The number of carbonyl (C=O) groups excluding carboxylic acids is 2. The summed E-state index contributed by atoms with van der Waals surface area (Å²) in [6, 6.07) is 17.3. The maximum atomic E-state index is 13.2. The Balaban J connectivity index is 1.92. The first-order valence-electron chi connectivity index (χ1n) is 9.89. The van der Waals surface area contributed by atoms with E-state index in [9.17, 15) is 14.7 Å². The fraction of sp³-hybridized carbons (Fsp3) is 0.160. The zero-order chi connectivity index (χ0) is 22.0. The van der Waals surface area contributed by atoms with Gasteiger partial charge in [-0.2, -0.15) is 0 Å². The molecule has 1 aliphatic rings. The molecule has 1 saturated heterocycles. The molecular formula is C25H22N2O4. The molecule has 1 aromatic heterocycles. The van der Waals surface area contributed by atoms with Gasteiger partial charge in [-0.1, -0.05) is 36.4 Å². The molecule has 0 bridgehead atoms. The highest BCUT2D eigenvalue weighted by Gasteiger charge is 2.46. The molecule has 1 atom stereocenters. The van der Waals surface area contributed by atoms with Crippen molar-refractivity contribution in [2.75, 3.05) is 7.11 Å². The Kier molecular flexibility index (Phi) is 5.54. The number of aliphatic hydroxyl groups is 1. The van der Waals surface area contributed by atoms with Crippen LogP contribution in [0.1, 0.15) is 28.3 Å². The molecule has 31 heavy (non-hydrogen) atoms. The highest BCUT2D eigenvalue weighted by atomic mass is 16.5. The number of aliphatic hydroxyl groups excluding tert-OH is 1. The summed E-state index contributed by atoms with van der Waals surface area (Å²) in [6.07, 6.45) is 3.28. The van der Waals surface area contributed by atoms with Gasteiger partial charge in [0.2, 0.25) is 0 Å². The molecule has 156 valence electrons. The molecule has 2 aromatic carbocycles. The highest BCUT2D eigenvalue weighted by molar-refractivity contribution is 6.46. The topological polar surface area (TPSA) is 79.7 Å². The molecule has 0 aliphatic carbocycles. The van der Waals surface area contributed by atoms with Crippen molar-refractivity contribution in [2.45, 2.75) is 19.5 Å². The molecule has 0 radical (unpaired) electrons. The van der Waals surface area contributed by atoms with Crippen molar-refractivity contribution in [1.29, 1.82) is 0 Å². The quantitative estimate of drug-likeness (QED) is 0.388. The van der Waals surface area contributed by atoms with Crippen LogP contribution < -0.4 is 4.74 Å². The number of hydrogen-bond acceptors (Lipinski definition) is 5. The van der Waals surface area contributed by atoms with Gasteiger partial charge in [0.1, 0.15) is 11.5 Å². The van der Waals surface area contributed by atoms with Crippen LogP contribution in [0.2, 0.25) is 0 Å². The summed E-state index contributed by atoms with van der Waals surface area (Å²) in [5.74, 6) is -1.20. The number of hydrogen-bond donors (Lipinski definition) is 1. The Labute approximate surface area is 180 Å². The SMILES string of the molecule is COc1ccccc1/C(O)=C1\C(=O)C(=O)N(Cc2ccncc2)C1c1ccccc1C. The van der Waals surface area contributed by atoms with E-state index in [0.717, 1.165) is 16.7 Å². The third kappa shape index (κ3) is 3.68. The van der Waals surface area contributed by atoms with Crippen molar-refractivity contribution >= 4 is 17.4 Å². The number of pyridine rings is 1. The van der Waals surface area contributed by atoms with Gasteiger partial charge >= 0.3 is 0 Å². The minimum Gasteiger partial charge on any atom is -0.507 e. The van der Waals surface area contributed by atoms with Crippen LogP contribution in [0.4, 0.5) is 0 Å². The van der Waals surface area contributed by atoms with Crippen molar-refractivity contribution in [3.8, 4) is 5.75 Å². The number of likely N-dealkylation sites (tertiary alicyclic amines) is 1. The molecule has 1 unspecified atom stereocenters. The molecule has 1 aliphatic heterocycles. The molecule has 4 rings (SSSR count).